The van der Waals surface area contributed by atoms with Crippen LogP contribution in [0.25, 0.3) is 0 Å². The number of nitrogens with zero attached hydrogens (tertiary/aromatic N) is 1. The summed E-state index contributed by atoms with van der Waals surface area (Å²) in [6.07, 6.45) is 5.58. The molecule has 20 heavy (non-hydrogen) atoms. The highest BCUT2D eigenvalue weighted by Gasteiger charge is 2.39. The molecule has 0 saturated carbocycles. The molecule has 106 valence electrons. The van der Waals surface area contributed by atoms with Gasteiger partial charge in [0.15, 0.2) is 0 Å². The molecule has 1 amide bonds. The van der Waals surface area contributed by atoms with Gasteiger partial charge in [-0.2, -0.15) is 0 Å². The lowest BCUT2D eigenvalue weighted by molar-refractivity contribution is -0.148. The van der Waals surface area contributed by atoms with Gasteiger partial charge in [0, 0.05) is 6.20 Å². The number of aromatic nitrogens is 1. The van der Waals surface area contributed by atoms with Gasteiger partial charge in [-0.15, -0.1) is 0 Å². The minimum absolute atomic E-state index is 0.147. The number of anilines is 1. The van der Waals surface area contributed by atoms with E-state index in [2.05, 4.69) is 10.3 Å². The van der Waals surface area contributed by atoms with Gasteiger partial charge in [-0.1, -0.05) is 18.6 Å². The van der Waals surface area contributed by atoms with Crippen molar-refractivity contribution in [1.82, 2.24) is 4.98 Å². The number of carboxylic acids is 1. The van der Waals surface area contributed by atoms with Crippen LogP contribution in [-0.4, -0.2) is 22.0 Å². The monoisotopic (exact) mass is 274 g/mol. The standard InChI is InChI=1S/C15H18N2O3/c1-9-6-10(2)13(15(19)20)12(7-9)14(18)17-11-4-3-5-16-8-11/h3-6,8,10,12-13H,7H2,1-2H3,(H,17,18)(H,19,20). The van der Waals surface area contributed by atoms with Gasteiger partial charge in [0.25, 0.3) is 0 Å². The van der Waals surface area contributed by atoms with Crippen molar-refractivity contribution in [3.63, 3.8) is 0 Å². The third-order valence-corrected chi connectivity index (χ3v) is 3.64. The second-order valence-electron chi connectivity index (χ2n) is 5.28. The highest BCUT2D eigenvalue weighted by Crippen LogP contribution is 2.34. The van der Waals surface area contributed by atoms with Crippen LogP contribution >= 0.6 is 0 Å². The molecule has 0 radical (unpaired) electrons. The fraction of sp³-hybridized carbons (Fsp3) is 0.400. The van der Waals surface area contributed by atoms with E-state index in [0.717, 1.165) is 5.57 Å². The van der Waals surface area contributed by atoms with Crippen LogP contribution in [0.4, 0.5) is 5.69 Å². The Hall–Kier alpha value is -2.17. The molecular formula is C15H18N2O3. The zero-order valence-electron chi connectivity index (χ0n) is 11.5. The van der Waals surface area contributed by atoms with Gasteiger partial charge in [-0.05, 0) is 31.4 Å². The molecule has 1 aromatic heterocycles. The molecule has 1 aromatic rings. The van der Waals surface area contributed by atoms with E-state index in [0.29, 0.717) is 12.1 Å². The predicted molar refractivity (Wildman–Crippen MR) is 75.0 cm³/mol. The number of carboxylic acid groups (broad SMARTS) is 1. The Morgan fingerprint density at radius 1 is 1.45 bits per heavy atom. The number of allylic oxidation sites excluding steroid dienone is 2. The quantitative estimate of drug-likeness (QED) is 0.829. The van der Waals surface area contributed by atoms with E-state index >= 15 is 0 Å². The van der Waals surface area contributed by atoms with Crippen molar-refractivity contribution in [2.75, 3.05) is 5.32 Å². The van der Waals surface area contributed by atoms with Gasteiger partial charge < -0.3 is 10.4 Å². The van der Waals surface area contributed by atoms with Gasteiger partial charge in [0.1, 0.15) is 0 Å². The van der Waals surface area contributed by atoms with Gasteiger partial charge >= 0.3 is 5.97 Å². The maximum atomic E-state index is 12.3. The minimum atomic E-state index is -0.924. The third-order valence-electron chi connectivity index (χ3n) is 3.64. The first-order valence-corrected chi connectivity index (χ1v) is 6.60. The van der Waals surface area contributed by atoms with Gasteiger partial charge in [0.2, 0.25) is 5.91 Å². The summed E-state index contributed by atoms with van der Waals surface area (Å²) in [6.45, 7) is 3.77. The number of amides is 1. The van der Waals surface area contributed by atoms with Crippen LogP contribution in [0.1, 0.15) is 20.3 Å². The second-order valence-corrected chi connectivity index (χ2v) is 5.28. The molecule has 0 aromatic carbocycles. The van der Waals surface area contributed by atoms with Crippen molar-refractivity contribution in [2.45, 2.75) is 20.3 Å². The number of pyridine rings is 1. The number of rotatable bonds is 3. The predicted octanol–water partition coefficient (Wildman–Crippen LogP) is 2.32. The van der Waals surface area contributed by atoms with E-state index in [-0.39, 0.29) is 11.8 Å². The fourth-order valence-corrected chi connectivity index (χ4v) is 2.79. The summed E-state index contributed by atoms with van der Waals surface area (Å²) < 4.78 is 0. The van der Waals surface area contributed by atoms with E-state index in [1.54, 1.807) is 24.5 Å². The number of nitrogens with one attached hydrogen (secondary N) is 1. The third kappa shape index (κ3) is 3.04. The normalized spacial score (nSPS) is 25.7. The molecule has 1 aliphatic rings. The van der Waals surface area contributed by atoms with Crippen LogP contribution in [0.5, 0.6) is 0 Å². The van der Waals surface area contributed by atoms with Crippen LogP contribution in [0, 0.1) is 17.8 Å². The summed E-state index contributed by atoms with van der Waals surface area (Å²) in [4.78, 5) is 27.7. The number of hydrogen-bond acceptors (Lipinski definition) is 3. The highest BCUT2D eigenvalue weighted by molar-refractivity contribution is 5.95. The lowest BCUT2D eigenvalue weighted by atomic mass is 9.73. The summed E-state index contributed by atoms with van der Waals surface area (Å²) in [7, 11) is 0. The van der Waals surface area contributed by atoms with E-state index in [1.165, 1.54) is 0 Å². The maximum absolute atomic E-state index is 12.3. The Labute approximate surface area is 117 Å². The number of carbonyl (C=O) groups excluding carboxylic acids is 1. The molecule has 5 nitrogen and oxygen atoms in total. The summed E-state index contributed by atoms with van der Waals surface area (Å²) in [5.41, 5.74) is 1.64. The molecule has 1 aliphatic carbocycles. The molecule has 0 fully saturated rings. The Morgan fingerprint density at radius 3 is 2.80 bits per heavy atom. The van der Waals surface area contributed by atoms with Crippen LogP contribution in [0.3, 0.4) is 0 Å². The Morgan fingerprint density at radius 2 is 2.20 bits per heavy atom. The summed E-state index contributed by atoms with van der Waals surface area (Å²) in [6, 6.07) is 3.45. The Bertz CT molecular complexity index is 539. The van der Waals surface area contributed by atoms with Crippen molar-refractivity contribution >= 4 is 17.6 Å². The average Bonchev–Trinajstić information content (AvgIpc) is 2.38. The molecule has 2 N–H and O–H groups in total. The molecule has 3 atom stereocenters. The van der Waals surface area contributed by atoms with Crippen LogP contribution < -0.4 is 5.32 Å². The summed E-state index contributed by atoms with van der Waals surface area (Å²) >= 11 is 0. The number of hydrogen-bond donors (Lipinski definition) is 2. The Kier molecular flexibility index (Phi) is 4.17. The first-order chi connectivity index (χ1) is 9.49. The van der Waals surface area contributed by atoms with Crippen molar-refractivity contribution in [2.24, 2.45) is 17.8 Å². The SMILES string of the molecule is CC1=CC(C)C(C(=O)O)C(C(=O)Nc2cccnc2)C1. The highest BCUT2D eigenvalue weighted by atomic mass is 16.4. The van der Waals surface area contributed by atoms with E-state index in [4.69, 9.17) is 0 Å². The molecule has 5 heteroatoms. The molecule has 0 spiro atoms. The largest absolute Gasteiger partial charge is 0.481 e. The van der Waals surface area contributed by atoms with Crippen molar-refractivity contribution < 1.29 is 14.7 Å². The molecule has 3 unspecified atom stereocenters. The average molecular weight is 274 g/mol. The van der Waals surface area contributed by atoms with Crippen molar-refractivity contribution in [3.05, 3.63) is 36.2 Å². The zero-order valence-corrected chi connectivity index (χ0v) is 11.5. The lowest BCUT2D eigenvalue weighted by Gasteiger charge is -2.31. The van der Waals surface area contributed by atoms with Gasteiger partial charge in [0.05, 0.1) is 23.7 Å². The second kappa shape index (κ2) is 5.86. The molecule has 1 heterocycles. The Balaban J connectivity index is 2.18. The molecule has 0 bridgehead atoms. The van der Waals surface area contributed by atoms with E-state index in [1.807, 2.05) is 19.9 Å². The molecule has 2 rings (SSSR count). The fourth-order valence-electron chi connectivity index (χ4n) is 2.79. The lowest BCUT2D eigenvalue weighted by Crippen LogP contribution is -2.39. The molecule has 0 saturated heterocycles. The van der Waals surface area contributed by atoms with Crippen molar-refractivity contribution in [1.29, 1.82) is 0 Å². The first-order valence-electron chi connectivity index (χ1n) is 6.60. The van der Waals surface area contributed by atoms with Crippen LogP contribution in [0.2, 0.25) is 0 Å². The van der Waals surface area contributed by atoms with Crippen LogP contribution in [0.15, 0.2) is 36.2 Å². The topological polar surface area (TPSA) is 79.3 Å². The molecule has 0 aliphatic heterocycles. The first kappa shape index (κ1) is 14.2. The summed E-state index contributed by atoms with van der Waals surface area (Å²) in [5.74, 6) is -2.56. The summed E-state index contributed by atoms with van der Waals surface area (Å²) in [5, 5.41) is 12.1. The van der Waals surface area contributed by atoms with Crippen molar-refractivity contribution in [3.8, 4) is 0 Å². The molecular weight excluding hydrogens is 256 g/mol. The van der Waals surface area contributed by atoms with Gasteiger partial charge in [-0.25, -0.2) is 0 Å². The zero-order chi connectivity index (χ0) is 14.7. The number of aliphatic carboxylic acids is 1. The van der Waals surface area contributed by atoms with Gasteiger partial charge in [-0.3, -0.25) is 14.6 Å². The van der Waals surface area contributed by atoms with Crippen LogP contribution in [-0.2, 0) is 9.59 Å². The van der Waals surface area contributed by atoms with E-state index < -0.39 is 17.8 Å². The van der Waals surface area contributed by atoms with E-state index in [9.17, 15) is 14.7 Å². The minimum Gasteiger partial charge on any atom is -0.481 e. The smallest absolute Gasteiger partial charge is 0.307 e. The number of carbonyl (C=O) groups is 2. The maximum Gasteiger partial charge on any atom is 0.307 e.